The van der Waals surface area contributed by atoms with Crippen LogP contribution in [0.5, 0.6) is 0 Å². The molecule has 0 bridgehead atoms. The Balaban J connectivity index is 1.56. The van der Waals surface area contributed by atoms with Gasteiger partial charge in [-0.1, -0.05) is 36.4 Å². The Hall–Kier alpha value is -3.21. The predicted molar refractivity (Wildman–Crippen MR) is 109 cm³/mol. The molecule has 28 heavy (non-hydrogen) atoms. The lowest BCUT2D eigenvalue weighted by Gasteiger charge is -2.27. The van der Waals surface area contributed by atoms with Crippen molar-refractivity contribution < 1.29 is 9.18 Å². The lowest BCUT2D eigenvalue weighted by atomic mass is 9.88. The Bertz CT molecular complexity index is 1020. The number of fused-ring (bicyclic) bond motifs is 1. The number of hydrogen-bond donors (Lipinski definition) is 1. The molecule has 0 unspecified atom stereocenters. The average molecular weight is 375 g/mol. The summed E-state index contributed by atoms with van der Waals surface area (Å²) in [7, 11) is 0. The monoisotopic (exact) mass is 375 g/mol. The minimum Gasteiger partial charge on any atom is -0.307 e. The smallest absolute Gasteiger partial charge is 0.249 e. The molecule has 2 aromatic carbocycles. The van der Waals surface area contributed by atoms with Gasteiger partial charge in [-0.2, -0.15) is 5.10 Å². The Kier molecular flexibility index (Phi) is 5.06. The first-order valence-electron chi connectivity index (χ1n) is 9.48. The van der Waals surface area contributed by atoms with Crippen molar-refractivity contribution in [2.75, 3.05) is 5.32 Å². The van der Waals surface area contributed by atoms with Crippen LogP contribution in [0.4, 0.5) is 10.2 Å². The molecule has 1 aliphatic carbocycles. The zero-order valence-electron chi connectivity index (χ0n) is 15.7. The van der Waals surface area contributed by atoms with E-state index in [2.05, 4.69) is 34.7 Å². The summed E-state index contributed by atoms with van der Waals surface area (Å²) in [5.41, 5.74) is 4.31. The van der Waals surface area contributed by atoms with Crippen LogP contribution < -0.4 is 5.32 Å². The molecule has 0 saturated carbocycles. The van der Waals surface area contributed by atoms with E-state index in [1.165, 1.54) is 29.3 Å². The molecule has 0 fully saturated rings. The van der Waals surface area contributed by atoms with Gasteiger partial charge in [0.05, 0.1) is 12.2 Å². The molecular weight excluding hydrogens is 353 g/mol. The Morgan fingerprint density at radius 3 is 2.82 bits per heavy atom. The van der Waals surface area contributed by atoms with Crippen LogP contribution in [0.2, 0.25) is 0 Å². The van der Waals surface area contributed by atoms with Crippen molar-refractivity contribution in [1.29, 1.82) is 0 Å². The third-order valence-corrected chi connectivity index (χ3v) is 5.15. The molecule has 5 heteroatoms. The highest BCUT2D eigenvalue weighted by Gasteiger charge is 2.25. The molecule has 0 radical (unpaired) electrons. The van der Waals surface area contributed by atoms with Crippen molar-refractivity contribution in [2.24, 2.45) is 0 Å². The summed E-state index contributed by atoms with van der Waals surface area (Å²) in [6, 6.07) is 14.6. The van der Waals surface area contributed by atoms with E-state index >= 15 is 0 Å². The van der Waals surface area contributed by atoms with Crippen molar-refractivity contribution in [2.45, 2.75) is 32.2 Å². The molecule has 1 amide bonds. The molecular formula is C23H22FN3O. The van der Waals surface area contributed by atoms with Gasteiger partial charge in [-0.25, -0.2) is 9.07 Å². The predicted octanol–water partition coefficient (Wildman–Crippen LogP) is 4.91. The minimum absolute atomic E-state index is 0.120. The van der Waals surface area contributed by atoms with Gasteiger partial charge in [0.2, 0.25) is 5.91 Å². The maximum atomic E-state index is 13.0. The number of halogens is 1. The standard InChI is InChI=1S/C23H22FN3O/c1-16-15-25-27(21-8-4-6-18-5-2-3-7-20(18)21)23(16)26-22(28)14-11-17-9-12-19(24)13-10-17/h2-3,5,7,9-15,21H,4,6,8H2,1H3,(H,26,28)/b14-11+/t21-/m0/s1. The number of nitrogens with one attached hydrogen (secondary N) is 1. The molecule has 1 aromatic heterocycles. The first-order chi connectivity index (χ1) is 13.6. The van der Waals surface area contributed by atoms with Crippen molar-refractivity contribution in [3.63, 3.8) is 0 Å². The summed E-state index contributed by atoms with van der Waals surface area (Å²) < 4.78 is 14.9. The first-order valence-corrected chi connectivity index (χ1v) is 9.48. The molecule has 1 atom stereocenters. The maximum Gasteiger partial charge on any atom is 0.249 e. The zero-order chi connectivity index (χ0) is 19.5. The second-order valence-electron chi connectivity index (χ2n) is 7.10. The molecule has 0 spiro atoms. The average Bonchev–Trinajstić information content (AvgIpc) is 3.07. The topological polar surface area (TPSA) is 46.9 Å². The van der Waals surface area contributed by atoms with E-state index in [0.717, 1.165) is 36.2 Å². The number of anilines is 1. The fourth-order valence-corrected chi connectivity index (χ4v) is 3.73. The summed E-state index contributed by atoms with van der Waals surface area (Å²) in [5.74, 6) is 0.183. The van der Waals surface area contributed by atoms with Crippen molar-refractivity contribution >= 4 is 17.8 Å². The Morgan fingerprint density at radius 2 is 2.00 bits per heavy atom. The van der Waals surface area contributed by atoms with Gasteiger partial charge in [0.1, 0.15) is 11.6 Å². The van der Waals surface area contributed by atoms with Crippen molar-refractivity contribution in [3.05, 3.63) is 88.9 Å². The summed E-state index contributed by atoms with van der Waals surface area (Å²) in [6.07, 6.45) is 8.08. The minimum atomic E-state index is -0.297. The van der Waals surface area contributed by atoms with Crippen LogP contribution in [-0.2, 0) is 11.2 Å². The number of carbonyl (C=O) groups excluding carboxylic acids is 1. The van der Waals surface area contributed by atoms with Gasteiger partial charge in [0, 0.05) is 11.6 Å². The second kappa shape index (κ2) is 7.80. The van der Waals surface area contributed by atoms with Gasteiger partial charge in [0.25, 0.3) is 0 Å². The van der Waals surface area contributed by atoms with Gasteiger partial charge >= 0.3 is 0 Å². The van der Waals surface area contributed by atoms with E-state index < -0.39 is 0 Å². The van der Waals surface area contributed by atoms with E-state index in [0.29, 0.717) is 0 Å². The number of rotatable bonds is 4. The molecule has 1 aliphatic rings. The van der Waals surface area contributed by atoms with Crippen LogP contribution in [0.25, 0.3) is 6.08 Å². The molecule has 4 rings (SSSR count). The SMILES string of the molecule is Cc1cnn([C@H]2CCCc3ccccc32)c1NC(=O)/C=C/c1ccc(F)cc1. The number of aromatic nitrogens is 2. The lowest BCUT2D eigenvalue weighted by molar-refractivity contribution is -0.111. The van der Waals surface area contributed by atoms with Crippen LogP contribution in [0.3, 0.4) is 0 Å². The van der Waals surface area contributed by atoms with Crippen LogP contribution in [0.15, 0.2) is 60.8 Å². The summed E-state index contributed by atoms with van der Waals surface area (Å²) >= 11 is 0. The van der Waals surface area contributed by atoms with E-state index in [4.69, 9.17) is 0 Å². The zero-order valence-corrected chi connectivity index (χ0v) is 15.7. The number of hydrogen-bond acceptors (Lipinski definition) is 2. The van der Waals surface area contributed by atoms with E-state index in [-0.39, 0.29) is 17.8 Å². The van der Waals surface area contributed by atoms with E-state index in [9.17, 15) is 9.18 Å². The van der Waals surface area contributed by atoms with Gasteiger partial charge in [-0.3, -0.25) is 4.79 Å². The normalized spacial score (nSPS) is 16.1. The Morgan fingerprint density at radius 1 is 1.21 bits per heavy atom. The molecule has 4 nitrogen and oxygen atoms in total. The first kappa shape index (κ1) is 18.2. The van der Waals surface area contributed by atoms with Gasteiger partial charge < -0.3 is 5.32 Å². The third kappa shape index (κ3) is 3.74. The van der Waals surface area contributed by atoms with Crippen LogP contribution in [0, 0.1) is 12.7 Å². The quantitative estimate of drug-likeness (QED) is 0.659. The molecule has 142 valence electrons. The fraction of sp³-hybridized carbons (Fsp3) is 0.217. The van der Waals surface area contributed by atoms with Gasteiger partial charge in [-0.05, 0) is 61.1 Å². The molecule has 3 aromatic rings. The largest absolute Gasteiger partial charge is 0.307 e. The summed E-state index contributed by atoms with van der Waals surface area (Å²) in [5, 5.41) is 7.52. The number of amides is 1. The number of aryl methyl sites for hydroxylation is 2. The van der Waals surface area contributed by atoms with Crippen LogP contribution >= 0.6 is 0 Å². The highest BCUT2D eigenvalue weighted by molar-refractivity contribution is 6.01. The number of benzene rings is 2. The Labute approximate surface area is 163 Å². The van der Waals surface area contributed by atoms with Gasteiger partial charge in [-0.15, -0.1) is 0 Å². The highest BCUT2D eigenvalue weighted by Crippen LogP contribution is 2.35. The lowest BCUT2D eigenvalue weighted by Crippen LogP contribution is -2.22. The van der Waals surface area contributed by atoms with E-state index in [1.54, 1.807) is 24.4 Å². The summed E-state index contributed by atoms with van der Waals surface area (Å²) in [4.78, 5) is 12.5. The number of carbonyl (C=O) groups is 1. The van der Waals surface area contributed by atoms with Gasteiger partial charge in [0.15, 0.2) is 0 Å². The number of nitrogens with zero attached hydrogens (tertiary/aromatic N) is 2. The van der Waals surface area contributed by atoms with Crippen LogP contribution in [-0.4, -0.2) is 15.7 Å². The van der Waals surface area contributed by atoms with Crippen LogP contribution in [0.1, 0.15) is 41.1 Å². The summed E-state index contributed by atoms with van der Waals surface area (Å²) in [6.45, 7) is 1.94. The van der Waals surface area contributed by atoms with Crippen molar-refractivity contribution in [1.82, 2.24) is 9.78 Å². The third-order valence-electron chi connectivity index (χ3n) is 5.15. The second-order valence-corrected chi connectivity index (χ2v) is 7.10. The fourth-order valence-electron chi connectivity index (χ4n) is 3.73. The maximum absolute atomic E-state index is 13.0. The van der Waals surface area contributed by atoms with E-state index in [1.807, 2.05) is 11.6 Å². The molecule has 1 N–H and O–H groups in total. The molecule has 0 saturated heterocycles. The molecule has 0 aliphatic heterocycles. The molecule has 1 heterocycles. The highest BCUT2D eigenvalue weighted by atomic mass is 19.1. The van der Waals surface area contributed by atoms with Crippen molar-refractivity contribution in [3.8, 4) is 0 Å².